The van der Waals surface area contributed by atoms with Crippen LogP contribution in [0.15, 0.2) is 18.2 Å². The van der Waals surface area contributed by atoms with E-state index in [1.54, 1.807) is 30.2 Å². The van der Waals surface area contributed by atoms with Crippen molar-refractivity contribution in [3.63, 3.8) is 0 Å². The molecule has 1 aromatic rings. The number of ether oxygens (including phenoxy) is 3. The van der Waals surface area contributed by atoms with Crippen LogP contribution in [0.5, 0.6) is 11.5 Å². The van der Waals surface area contributed by atoms with Crippen LogP contribution < -0.4 is 9.47 Å². The molecule has 0 radical (unpaired) electrons. The van der Waals surface area contributed by atoms with Gasteiger partial charge in [0.15, 0.2) is 0 Å². The van der Waals surface area contributed by atoms with Gasteiger partial charge in [0, 0.05) is 18.5 Å². The van der Waals surface area contributed by atoms with Gasteiger partial charge in [0.05, 0.1) is 39.0 Å². The molecular formula is C14H18ClNO4. The molecule has 1 saturated heterocycles. The average Bonchev–Trinajstić information content (AvgIpc) is 2.53. The first-order chi connectivity index (χ1) is 9.71. The van der Waals surface area contributed by atoms with Gasteiger partial charge in [0.2, 0.25) is 0 Å². The molecule has 1 aromatic carbocycles. The molecule has 0 aromatic heterocycles. The lowest BCUT2D eigenvalue weighted by Gasteiger charge is -2.34. The molecule has 0 bridgehead atoms. The fraction of sp³-hybridized carbons (Fsp3) is 0.500. The van der Waals surface area contributed by atoms with E-state index in [0.29, 0.717) is 42.7 Å². The normalized spacial score (nSPS) is 18.8. The third kappa shape index (κ3) is 2.99. The molecule has 0 saturated carbocycles. The van der Waals surface area contributed by atoms with E-state index in [2.05, 4.69) is 0 Å². The highest BCUT2D eigenvalue weighted by atomic mass is 35.5. The average molecular weight is 300 g/mol. The molecule has 1 aliphatic rings. The van der Waals surface area contributed by atoms with Crippen LogP contribution in [0.2, 0.25) is 0 Å². The number of carbonyl (C=O) groups is 1. The van der Waals surface area contributed by atoms with Crippen LogP contribution in [0.3, 0.4) is 0 Å². The van der Waals surface area contributed by atoms with Gasteiger partial charge >= 0.3 is 0 Å². The standard InChI is InChI=1S/C14H18ClNO4/c1-18-11-3-4-12(13(7-11)19-2)14(17)16-5-6-20-9-10(16)8-15/h3-4,7,10H,5-6,8-9H2,1-2H3. The fourth-order valence-electron chi connectivity index (χ4n) is 2.18. The minimum atomic E-state index is -0.107. The predicted molar refractivity (Wildman–Crippen MR) is 75.9 cm³/mol. The maximum absolute atomic E-state index is 12.6. The third-order valence-electron chi connectivity index (χ3n) is 3.31. The van der Waals surface area contributed by atoms with Crippen LogP contribution in [0.25, 0.3) is 0 Å². The number of benzene rings is 1. The number of morpholine rings is 1. The highest BCUT2D eigenvalue weighted by molar-refractivity contribution is 6.18. The Morgan fingerprint density at radius 3 is 2.90 bits per heavy atom. The van der Waals surface area contributed by atoms with Gasteiger partial charge in [-0.3, -0.25) is 4.79 Å². The molecule has 20 heavy (non-hydrogen) atoms. The van der Waals surface area contributed by atoms with Crippen LogP contribution in [0.1, 0.15) is 10.4 Å². The number of carbonyl (C=O) groups excluding carboxylic acids is 1. The smallest absolute Gasteiger partial charge is 0.258 e. The number of halogens is 1. The van der Waals surface area contributed by atoms with Gasteiger partial charge in [-0.25, -0.2) is 0 Å². The Kier molecular flexibility index (Phi) is 5.09. The number of amides is 1. The van der Waals surface area contributed by atoms with E-state index in [0.717, 1.165) is 0 Å². The number of alkyl halides is 1. The van der Waals surface area contributed by atoms with Gasteiger partial charge in [-0.15, -0.1) is 11.6 Å². The molecule has 1 heterocycles. The van der Waals surface area contributed by atoms with Gasteiger partial charge in [-0.1, -0.05) is 0 Å². The second kappa shape index (κ2) is 6.81. The Morgan fingerprint density at radius 2 is 2.25 bits per heavy atom. The molecule has 0 aliphatic carbocycles. The summed E-state index contributed by atoms with van der Waals surface area (Å²) >= 11 is 5.90. The van der Waals surface area contributed by atoms with E-state index in [1.165, 1.54) is 7.11 Å². The van der Waals surface area contributed by atoms with Crippen molar-refractivity contribution >= 4 is 17.5 Å². The van der Waals surface area contributed by atoms with Crippen molar-refractivity contribution in [1.29, 1.82) is 0 Å². The maximum atomic E-state index is 12.6. The summed E-state index contributed by atoms with van der Waals surface area (Å²) in [6.07, 6.45) is 0. The molecule has 5 nitrogen and oxygen atoms in total. The molecular weight excluding hydrogens is 282 g/mol. The second-order valence-corrected chi connectivity index (χ2v) is 4.76. The third-order valence-corrected chi connectivity index (χ3v) is 3.66. The van der Waals surface area contributed by atoms with Crippen LogP contribution >= 0.6 is 11.6 Å². The predicted octanol–water partition coefficient (Wildman–Crippen LogP) is 1.78. The van der Waals surface area contributed by atoms with Gasteiger partial charge in [-0.05, 0) is 12.1 Å². The first-order valence-electron chi connectivity index (χ1n) is 6.38. The summed E-state index contributed by atoms with van der Waals surface area (Å²) in [4.78, 5) is 14.4. The van der Waals surface area contributed by atoms with E-state index in [4.69, 9.17) is 25.8 Å². The van der Waals surface area contributed by atoms with Crippen LogP contribution in [0, 0.1) is 0 Å². The minimum absolute atomic E-state index is 0.0987. The number of methoxy groups -OCH3 is 2. The largest absolute Gasteiger partial charge is 0.497 e. The highest BCUT2D eigenvalue weighted by Gasteiger charge is 2.29. The van der Waals surface area contributed by atoms with Crippen LogP contribution in [-0.4, -0.2) is 56.7 Å². The Hall–Kier alpha value is -1.46. The van der Waals surface area contributed by atoms with Crippen LogP contribution in [-0.2, 0) is 4.74 Å². The number of nitrogens with zero attached hydrogens (tertiary/aromatic N) is 1. The van der Waals surface area contributed by atoms with Gasteiger partial charge in [0.1, 0.15) is 11.5 Å². The zero-order valence-corrected chi connectivity index (χ0v) is 12.4. The Labute approximate surface area is 123 Å². The summed E-state index contributed by atoms with van der Waals surface area (Å²) in [5.74, 6) is 1.39. The molecule has 1 unspecified atom stereocenters. The van der Waals surface area contributed by atoms with Crippen molar-refractivity contribution in [1.82, 2.24) is 4.90 Å². The monoisotopic (exact) mass is 299 g/mol. The van der Waals surface area contributed by atoms with Crippen LogP contribution in [0.4, 0.5) is 0 Å². The topological polar surface area (TPSA) is 48.0 Å². The Morgan fingerprint density at radius 1 is 1.45 bits per heavy atom. The zero-order chi connectivity index (χ0) is 14.5. The molecule has 0 N–H and O–H groups in total. The molecule has 110 valence electrons. The summed E-state index contributed by atoms with van der Waals surface area (Å²) < 4.78 is 15.8. The zero-order valence-electron chi connectivity index (χ0n) is 11.6. The molecule has 2 rings (SSSR count). The number of hydrogen-bond donors (Lipinski definition) is 0. The molecule has 1 amide bonds. The number of rotatable bonds is 4. The van der Waals surface area contributed by atoms with Gasteiger partial charge < -0.3 is 19.1 Å². The van der Waals surface area contributed by atoms with Crippen molar-refractivity contribution in [2.45, 2.75) is 6.04 Å². The van der Waals surface area contributed by atoms with Crippen molar-refractivity contribution in [3.8, 4) is 11.5 Å². The highest BCUT2D eigenvalue weighted by Crippen LogP contribution is 2.26. The lowest BCUT2D eigenvalue weighted by Crippen LogP contribution is -2.49. The first kappa shape index (κ1) is 14.9. The molecule has 6 heteroatoms. The Balaban J connectivity index is 2.27. The van der Waals surface area contributed by atoms with Gasteiger partial charge in [-0.2, -0.15) is 0 Å². The summed E-state index contributed by atoms with van der Waals surface area (Å²) in [5.41, 5.74) is 0.505. The van der Waals surface area contributed by atoms with Gasteiger partial charge in [0.25, 0.3) is 5.91 Å². The second-order valence-electron chi connectivity index (χ2n) is 4.45. The maximum Gasteiger partial charge on any atom is 0.258 e. The molecule has 0 spiro atoms. The molecule has 1 fully saturated rings. The van der Waals surface area contributed by atoms with E-state index in [1.807, 2.05) is 0 Å². The molecule has 1 atom stereocenters. The van der Waals surface area contributed by atoms with Crippen molar-refractivity contribution in [3.05, 3.63) is 23.8 Å². The summed E-state index contributed by atoms with van der Waals surface area (Å²) in [6, 6.07) is 5.04. The summed E-state index contributed by atoms with van der Waals surface area (Å²) in [5, 5.41) is 0. The first-order valence-corrected chi connectivity index (χ1v) is 6.91. The molecule has 1 aliphatic heterocycles. The summed E-state index contributed by atoms with van der Waals surface area (Å²) in [6.45, 7) is 1.52. The minimum Gasteiger partial charge on any atom is -0.497 e. The van der Waals surface area contributed by atoms with E-state index in [-0.39, 0.29) is 11.9 Å². The number of hydrogen-bond acceptors (Lipinski definition) is 4. The van der Waals surface area contributed by atoms with Crippen molar-refractivity contribution in [2.75, 3.05) is 39.9 Å². The fourth-order valence-corrected chi connectivity index (χ4v) is 2.44. The SMILES string of the molecule is COc1ccc(C(=O)N2CCOCC2CCl)c(OC)c1. The van der Waals surface area contributed by atoms with Crippen molar-refractivity contribution < 1.29 is 19.0 Å². The van der Waals surface area contributed by atoms with E-state index < -0.39 is 0 Å². The van der Waals surface area contributed by atoms with Crippen molar-refractivity contribution in [2.24, 2.45) is 0 Å². The van der Waals surface area contributed by atoms with E-state index in [9.17, 15) is 4.79 Å². The summed E-state index contributed by atoms with van der Waals surface area (Å²) in [7, 11) is 3.10. The Bertz CT molecular complexity index is 480. The quantitative estimate of drug-likeness (QED) is 0.795. The lowest BCUT2D eigenvalue weighted by atomic mass is 10.1. The lowest BCUT2D eigenvalue weighted by molar-refractivity contribution is 0.00440. The van der Waals surface area contributed by atoms with E-state index >= 15 is 0 Å².